The second kappa shape index (κ2) is 7.74. The van der Waals surface area contributed by atoms with Gasteiger partial charge in [-0.15, -0.1) is 0 Å². The van der Waals surface area contributed by atoms with Gasteiger partial charge in [-0.2, -0.15) is 0 Å². The van der Waals surface area contributed by atoms with E-state index in [1.807, 2.05) is 12.1 Å². The van der Waals surface area contributed by atoms with Gasteiger partial charge in [0, 0.05) is 19.6 Å². The monoisotopic (exact) mass is 330 g/mol. The van der Waals surface area contributed by atoms with E-state index in [1.165, 1.54) is 12.1 Å². The molecule has 1 fully saturated rings. The largest absolute Gasteiger partial charge is 0.378 e. The SMILES string of the molecule is O=C(NCc1ccc(F)cc1)Nc1ccc(N2CCOCC2)nc1. The average Bonchev–Trinajstić information content (AvgIpc) is 2.63. The van der Waals surface area contributed by atoms with Crippen LogP contribution >= 0.6 is 0 Å². The zero-order valence-electron chi connectivity index (χ0n) is 13.2. The molecule has 7 heteroatoms. The van der Waals surface area contributed by atoms with Crippen LogP contribution in [0.5, 0.6) is 0 Å². The van der Waals surface area contributed by atoms with E-state index in [9.17, 15) is 9.18 Å². The Labute approximate surface area is 139 Å². The number of nitrogens with one attached hydrogen (secondary N) is 2. The Balaban J connectivity index is 1.49. The minimum absolute atomic E-state index is 0.297. The number of amides is 2. The van der Waals surface area contributed by atoms with Gasteiger partial charge in [-0.1, -0.05) is 12.1 Å². The number of rotatable bonds is 4. The van der Waals surface area contributed by atoms with Crippen LogP contribution in [0.3, 0.4) is 0 Å². The van der Waals surface area contributed by atoms with Gasteiger partial charge in [-0.3, -0.25) is 0 Å². The van der Waals surface area contributed by atoms with Crippen LogP contribution in [0.25, 0.3) is 0 Å². The van der Waals surface area contributed by atoms with E-state index in [0.29, 0.717) is 25.4 Å². The highest BCUT2D eigenvalue weighted by molar-refractivity contribution is 5.89. The van der Waals surface area contributed by atoms with Crippen LogP contribution < -0.4 is 15.5 Å². The first kappa shape index (κ1) is 16.2. The maximum Gasteiger partial charge on any atom is 0.319 e. The van der Waals surface area contributed by atoms with Crippen LogP contribution in [0, 0.1) is 5.82 Å². The quantitative estimate of drug-likeness (QED) is 0.903. The number of morpholine rings is 1. The summed E-state index contributed by atoms with van der Waals surface area (Å²) in [6.07, 6.45) is 1.63. The summed E-state index contributed by atoms with van der Waals surface area (Å²) in [5.41, 5.74) is 1.44. The van der Waals surface area contributed by atoms with Crippen molar-refractivity contribution in [3.63, 3.8) is 0 Å². The topological polar surface area (TPSA) is 66.5 Å². The molecule has 1 saturated heterocycles. The normalized spacial score (nSPS) is 14.3. The predicted molar refractivity (Wildman–Crippen MR) is 89.5 cm³/mol. The number of hydrogen-bond acceptors (Lipinski definition) is 4. The first-order valence-electron chi connectivity index (χ1n) is 7.79. The summed E-state index contributed by atoms with van der Waals surface area (Å²) in [4.78, 5) is 18.4. The molecule has 0 unspecified atom stereocenters. The van der Waals surface area contributed by atoms with E-state index in [4.69, 9.17) is 4.74 Å². The average molecular weight is 330 g/mol. The summed E-state index contributed by atoms with van der Waals surface area (Å²) in [6, 6.07) is 9.35. The van der Waals surface area contributed by atoms with Crippen LogP contribution in [0.4, 0.5) is 20.7 Å². The van der Waals surface area contributed by atoms with Crippen LogP contribution in [-0.2, 0) is 11.3 Å². The highest BCUT2D eigenvalue weighted by atomic mass is 19.1. The van der Waals surface area contributed by atoms with E-state index in [2.05, 4.69) is 20.5 Å². The van der Waals surface area contributed by atoms with Crippen molar-refractivity contribution >= 4 is 17.5 Å². The summed E-state index contributed by atoms with van der Waals surface area (Å²) in [7, 11) is 0. The minimum Gasteiger partial charge on any atom is -0.378 e. The number of ether oxygens (including phenoxy) is 1. The summed E-state index contributed by atoms with van der Waals surface area (Å²) in [5, 5.41) is 5.44. The Morgan fingerprint density at radius 2 is 1.92 bits per heavy atom. The molecule has 1 aliphatic rings. The molecule has 0 aliphatic carbocycles. The zero-order chi connectivity index (χ0) is 16.8. The van der Waals surface area contributed by atoms with Crippen molar-refractivity contribution in [3.05, 3.63) is 54.0 Å². The molecule has 1 aliphatic heterocycles. The maximum absolute atomic E-state index is 12.8. The second-order valence-electron chi connectivity index (χ2n) is 5.44. The van der Waals surface area contributed by atoms with Crippen LogP contribution in [0.15, 0.2) is 42.6 Å². The van der Waals surface area contributed by atoms with E-state index < -0.39 is 0 Å². The van der Waals surface area contributed by atoms with Crippen LogP contribution in [0.2, 0.25) is 0 Å². The molecule has 2 heterocycles. The number of pyridine rings is 1. The van der Waals surface area contributed by atoms with Crippen LogP contribution in [-0.4, -0.2) is 37.3 Å². The summed E-state index contributed by atoms with van der Waals surface area (Å²) in [6.45, 7) is 3.36. The van der Waals surface area contributed by atoms with E-state index >= 15 is 0 Å². The lowest BCUT2D eigenvalue weighted by atomic mass is 10.2. The summed E-state index contributed by atoms with van der Waals surface area (Å²) >= 11 is 0. The second-order valence-corrected chi connectivity index (χ2v) is 5.44. The smallest absolute Gasteiger partial charge is 0.319 e. The summed E-state index contributed by atoms with van der Waals surface area (Å²) in [5.74, 6) is 0.574. The Bertz CT molecular complexity index is 670. The number of benzene rings is 1. The molecule has 1 aromatic heterocycles. The molecule has 0 atom stereocenters. The molecule has 2 amide bonds. The molecular formula is C17H19FN4O2. The number of halogens is 1. The van der Waals surface area contributed by atoms with Crippen LogP contribution in [0.1, 0.15) is 5.56 Å². The van der Waals surface area contributed by atoms with Gasteiger partial charge >= 0.3 is 6.03 Å². The Morgan fingerprint density at radius 1 is 1.17 bits per heavy atom. The minimum atomic E-state index is -0.333. The molecule has 0 bridgehead atoms. The molecular weight excluding hydrogens is 311 g/mol. The molecule has 24 heavy (non-hydrogen) atoms. The first-order valence-corrected chi connectivity index (χ1v) is 7.79. The maximum atomic E-state index is 12.8. The highest BCUT2D eigenvalue weighted by Gasteiger charge is 2.12. The molecule has 6 nitrogen and oxygen atoms in total. The standard InChI is InChI=1S/C17H19FN4O2/c18-14-3-1-13(2-4-14)11-20-17(23)21-15-5-6-16(19-12-15)22-7-9-24-10-8-22/h1-6,12H,7-11H2,(H2,20,21,23). The van der Waals surface area contributed by atoms with Gasteiger partial charge in [-0.25, -0.2) is 14.2 Å². The number of urea groups is 1. The van der Waals surface area contributed by atoms with Gasteiger partial charge in [0.2, 0.25) is 0 Å². The number of aromatic nitrogens is 1. The molecule has 1 aromatic carbocycles. The number of carbonyl (C=O) groups is 1. The number of anilines is 2. The van der Waals surface area contributed by atoms with Gasteiger partial charge in [0.1, 0.15) is 11.6 Å². The van der Waals surface area contributed by atoms with Crippen molar-refractivity contribution in [2.45, 2.75) is 6.54 Å². The predicted octanol–water partition coefficient (Wildman–Crippen LogP) is 2.38. The molecule has 0 radical (unpaired) electrons. The Kier molecular flexibility index (Phi) is 5.22. The third-order valence-corrected chi connectivity index (χ3v) is 3.71. The fourth-order valence-electron chi connectivity index (χ4n) is 2.40. The number of carbonyl (C=O) groups excluding carboxylic acids is 1. The fraction of sp³-hybridized carbons (Fsp3) is 0.294. The summed E-state index contributed by atoms with van der Waals surface area (Å²) < 4.78 is 18.1. The number of nitrogens with zero attached hydrogens (tertiary/aromatic N) is 2. The molecule has 3 rings (SSSR count). The first-order chi connectivity index (χ1) is 11.7. The van der Waals surface area contributed by atoms with E-state index in [1.54, 1.807) is 18.3 Å². The lowest BCUT2D eigenvalue weighted by Gasteiger charge is -2.27. The number of hydrogen-bond donors (Lipinski definition) is 2. The fourth-order valence-corrected chi connectivity index (χ4v) is 2.40. The Hall–Kier alpha value is -2.67. The zero-order valence-corrected chi connectivity index (χ0v) is 13.2. The lowest BCUT2D eigenvalue weighted by Crippen LogP contribution is -2.36. The molecule has 0 saturated carbocycles. The van der Waals surface area contributed by atoms with Crippen molar-refractivity contribution in [1.82, 2.24) is 10.3 Å². The molecule has 2 aromatic rings. The third-order valence-electron chi connectivity index (χ3n) is 3.71. The van der Waals surface area contributed by atoms with Crippen molar-refractivity contribution in [3.8, 4) is 0 Å². The van der Waals surface area contributed by atoms with Crippen molar-refractivity contribution in [2.24, 2.45) is 0 Å². The molecule has 0 spiro atoms. The van der Waals surface area contributed by atoms with Gasteiger partial charge in [0.15, 0.2) is 0 Å². The molecule has 2 N–H and O–H groups in total. The molecule has 126 valence electrons. The van der Waals surface area contributed by atoms with E-state index in [0.717, 1.165) is 24.5 Å². The lowest BCUT2D eigenvalue weighted by molar-refractivity contribution is 0.122. The van der Waals surface area contributed by atoms with Gasteiger partial charge in [0.05, 0.1) is 25.1 Å². The Morgan fingerprint density at radius 3 is 2.58 bits per heavy atom. The van der Waals surface area contributed by atoms with Gasteiger partial charge in [-0.05, 0) is 29.8 Å². The van der Waals surface area contributed by atoms with Crippen molar-refractivity contribution in [1.29, 1.82) is 0 Å². The van der Waals surface area contributed by atoms with Gasteiger partial charge < -0.3 is 20.3 Å². The third kappa shape index (κ3) is 4.42. The van der Waals surface area contributed by atoms with Crippen molar-refractivity contribution in [2.75, 3.05) is 36.5 Å². The van der Waals surface area contributed by atoms with Crippen molar-refractivity contribution < 1.29 is 13.9 Å². The van der Waals surface area contributed by atoms with E-state index in [-0.39, 0.29) is 11.8 Å². The van der Waals surface area contributed by atoms with Gasteiger partial charge in [0.25, 0.3) is 0 Å². The highest BCUT2D eigenvalue weighted by Crippen LogP contribution is 2.15.